The molecule has 2 saturated heterocycles. The fourth-order valence-corrected chi connectivity index (χ4v) is 2.75. The number of carbonyl (C=O) groups excluding carboxylic acids is 2. The summed E-state index contributed by atoms with van der Waals surface area (Å²) in [6.45, 7) is 7.12. The summed E-state index contributed by atoms with van der Waals surface area (Å²) in [5.74, 6) is 0.407. The number of nitrogens with zero attached hydrogens (tertiary/aromatic N) is 1. The van der Waals surface area contributed by atoms with Gasteiger partial charge < -0.3 is 15.5 Å². The van der Waals surface area contributed by atoms with Gasteiger partial charge in [-0.15, -0.1) is 0 Å². The van der Waals surface area contributed by atoms with Crippen LogP contribution in [-0.4, -0.2) is 48.9 Å². The van der Waals surface area contributed by atoms with Gasteiger partial charge in [-0.1, -0.05) is 6.92 Å². The maximum Gasteiger partial charge on any atom is 0.244 e. The van der Waals surface area contributed by atoms with Crippen LogP contribution in [0.25, 0.3) is 0 Å². The molecule has 2 heterocycles. The number of hydrogen-bond donors (Lipinski definition) is 2. The van der Waals surface area contributed by atoms with Gasteiger partial charge in [0.15, 0.2) is 0 Å². The first-order valence-electron chi connectivity index (χ1n) is 6.89. The molecule has 0 aromatic carbocycles. The molecule has 5 heteroatoms. The Kier molecular flexibility index (Phi) is 4.22. The topological polar surface area (TPSA) is 61.4 Å². The first-order valence-corrected chi connectivity index (χ1v) is 6.89. The van der Waals surface area contributed by atoms with Crippen LogP contribution in [0.15, 0.2) is 0 Å². The summed E-state index contributed by atoms with van der Waals surface area (Å²) in [6.07, 6.45) is 2.16. The lowest BCUT2D eigenvalue weighted by molar-refractivity contribution is -0.136. The molecule has 2 aliphatic heterocycles. The Labute approximate surface area is 108 Å². The monoisotopic (exact) mass is 253 g/mol. The third-order valence-electron chi connectivity index (χ3n) is 4.00. The lowest BCUT2D eigenvalue weighted by atomic mass is 9.97. The summed E-state index contributed by atoms with van der Waals surface area (Å²) < 4.78 is 0. The van der Waals surface area contributed by atoms with Crippen molar-refractivity contribution in [2.24, 2.45) is 11.8 Å². The van der Waals surface area contributed by atoms with E-state index in [4.69, 9.17) is 0 Å². The zero-order valence-electron chi connectivity index (χ0n) is 11.2. The summed E-state index contributed by atoms with van der Waals surface area (Å²) in [5.41, 5.74) is 0. The second-order valence-corrected chi connectivity index (χ2v) is 5.50. The van der Waals surface area contributed by atoms with Crippen LogP contribution >= 0.6 is 0 Å². The summed E-state index contributed by atoms with van der Waals surface area (Å²) in [4.78, 5) is 26.0. The quantitative estimate of drug-likeness (QED) is 0.742. The Morgan fingerprint density at radius 1 is 1.28 bits per heavy atom. The zero-order valence-corrected chi connectivity index (χ0v) is 11.2. The van der Waals surface area contributed by atoms with Gasteiger partial charge in [0.25, 0.3) is 0 Å². The zero-order chi connectivity index (χ0) is 13.1. The predicted molar refractivity (Wildman–Crippen MR) is 68.9 cm³/mol. The number of amides is 2. The summed E-state index contributed by atoms with van der Waals surface area (Å²) >= 11 is 0. The molecule has 0 bridgehead atoms. The Balaban J connectivity index is 1.84. The van der Waals surface area contributed by atoms with E-state index in [1.807, 2.05) is 4.90 Å². The van der Waals surface area contributed by atoms with E-state index < -0.39 is 6.04 Å². The first-order chi connectivity index (χ1) is 8.59. The van der Waals surface area contributed by atoms with Crippen LogP contribution in [0, 0.1) is 11.8 Å². The largest absolute Gasteiger partial charge is 0.344 e. The SMILES string of the molecule is CC(NC(=O)C1CNCC1C)C(=O)N1CCCC1. The van der Waals surface area contributed by atoms with Crippen LogP contribution in [0.1, 0.15) is 26.7 Å². The molecule has 2 fully saturated rings. The van der Waals surface area contributed by atoms with Gasteiger partial charge in [0, 0.05) is 19.6 Å². The van der Waals surface area contributed by atoms with E-state index in [2.05, 4.69) is 17.6 Å². The minimum Gasteiger partial charge on any atom is -0.344 e. The minimum absolute atomic E-state index is 0.00109. The van der Waals surface area contributed by atoms with Crippen molar-refractivity contribution in [1.29, 1.82) is 0 Å². The molecule has 3 atom stereocenters. The van der Waals surface area contributed by atoms with E-state index in [9.17, 15) is 9.59 Å². The summed E-state index contributed by atoms with van der Waals surface area (Å²) in [6, 6.07) is -0.400. The number of likely N-dealkylation sites (tertiary alicyclic amines) is 1. The van der Waals surface area contributed by atoms with Crippen molar-refractivity contribution in [1.82, 2.24) is 15.5 Å². The van der Waals surface area contributed by atoms with E-state index in [1.165, 1.54) is 0 Å². The van der Waals surface area contributed by atoms with Crippen LogP contribution < -0.4 is 10.6 Å². The highest BCUT2D eigenvalue weighted by atomic mass is 16.2. The molecule has 0 aromatic rings. The van der Waals surface area contributed by atoms with E-state index in [0.29, 0.717) is 5.92 Å². The molecule has 0 aliphatic carbocycles. The second-order valence-electron chi connectivity index (χ2n) is 5.50. The highest BCUT2D eigenvalue weighted by molar-refractivity contribution is 5.88. The minimum atomic E-state index is -0.400. The van der Waals surface area contributed by atoms with Crippen molar-refractivity contribution >= 4 is 11.8 Å². The van der Waals surface area contributed by atoms with Gasteiger partial charge in [0.05, 0.1) is 5.92 Å². The normalized spacial score (nSPS) is 29.3. The molecule has 0 radical (unpaired) electrons. The van der Waals surface area contributed by atoms with Crippen molar-refractivity contribution in [2.75, 3.05) is 26.2 Å². The van der Waals surface area contributed by atoms with Crippen LogP contribution in [0.3, 0.4) is 0 Å². The third-order valence-corrected chi connectivity index (χ3v) is 4.00. The van der Waals surface area contributed by atoms with Gasteiger partial charge in [-0.05, 0) is 32.2 Å². The number of hydrogen-bond acceptors (Lipinski definition) is 3. The van der Waals surface area contributed by atoms with Gasteiger partial charge in [-0.2, -0.15) is 0 Å². The molecule has 5 nitrogen and oxygen atoms in total. The lowest BCUT2D eigenvalue weighted by Gasteiger charge is -2.23. The number of carbonyl (C=O) groups is 2. The maximum absolute atomic E-state index is 12.1. The van der Waals surface area contributed by atoms with Crippen molar-refractivity contribution in [3.05, 3.63) is 0 Å². The lowest BCUT2D eigenvalue weighted by Crippen LogP contribution is -2.48. The highest BCUT2D eigenvalue weighted by Gasteiger charge is 2.32. The number of nitrogens with one attached hydrogen (secondary N) is 2. The highest BCUT2D eigenvalue weighted by Crippen LogP contribution is 2.16. The van der Waals surface area contributed by atoms with Crippen molar-refractivity contribution in [2.45, 2.75) is 32.7 Å². The Hall–Kier alpha value is -1.10. The molecule has 0 aromatic heterocycles. The van der Waals surface area contributed by atoms with E-state index in [-0.39, 0.29) is 17.7 Å². The molecular weight excluding hydrogens is 230 g/mol. The van der Waals surface area contributed by atoms with Crippen LogP contribution in [0.2, 0.25) is 0 Å². The molecule has 18 heavy (non-hydrogen) atoms. The molecule has 102 valence electrons. The van der Waals surface area contributed by atoms with Crippen LogP contribution in [0.4, 0.5) is 0 Å². The molecule has 3 unspecified atom stereocenters. The Morgan fingerprint density at radius 2 is 1.94 bits per heavy atom. The van der Waals surface area contributed by atoms with Crippen molar-refractivity contribution in [3.63, 3.8) is 0 Å². The molecule has 0 spiro atoms. The Bertz CT molecular complexity index is 326. The van der Waals surface area contributed by atoms with Gasteiger partial charge in [0.2, 0.25) is 11.8 Å². The fraction of sp³-hybridized carbons (Fsp3) is 0.846. The van der Waals surface area contributed by atoms with Crippen LogP contribution in [0.5, 0.6) is 0 Å². The van der Waals surface area contributed by atoms with E-state index in [1.54, 1.807) is 6.92 Å². The Morgan fingerprint density at radius 3 is 2.50 bits per heavy atom. The van der Waals surface area contributed by atoms with Gasteiger partial charge >= 0.3 is 0 Å². The molecule has 2 amide bonds. The van der Waals surface area contributed by atoms with Crippen molar-refractivity contribution in [3.8, 4) is 0 Å². The molecule has 2 aliphatic rings. The van der Waals surface area contributed by atoms with Gasteiger partial charge in [0.1, 0.15) is 6.04 Å². The predicted octanol–water partition coefficient (Wildman–Crippen LogP) is -0.0310. The van der Waals surface area contributed by atoms with E-state index >= 15 is 0 Å². The maximum atomic E-state index is 12.1. The molecular formula is C13H23N3O2. The average Bonchev–Trinajstić information content (AvgIpc) is 2.98. The molecule has 2 rings (SSSR count). The standard InChI is InChI=1S/C13H23N3O2/c1-9-7-14-8-11(9)12(17)15-10(2)13(18)16-5-3-4-6-16/h9-11,14H,3-8H2,1-2H3,(H,15,17). The average molecular weight is 253 g/mol. The third kappa shape index (κ3) is 2.83. The molecule has 2 N–H and O–H groups in total. The van der Waals surface area contributed by atoms with Gasteiger partial charge in [-0.3, -0.25) is 9.59 Å². The summed E-state index contributed by atoms with van der Waals surface area (Å²) in [5, 5.41) is 6.06. The molecule has 0 saturated carbocycles. The number of rotatable bonds is 3. The van der Waals surface area contributed by atoms with Crippen molar-refractivity contribution < 1.29 is 9.59 Å². The first kappa shape index (κ1) is 13.3. The smallest absolute Gasteiger partial charge is 0.244 e. The summed E-state index contributed by atoms with van der Waals surface area (Å²) in [7, 11) is 0. The van der Waals surface area contributed by atoms with E-state index in [0.717, 1.165) is 39.0 Å². The van der Waals surface area contributed by atoms with Crippen LogP contribution in [-0.2, 0) is 9.59 Å². The second kappa shape index (κ2) is 5.69. The fourth-order valence-electron chi connectivity index (χ4n) is 2.75. The van der Waals surface area contributed by atoms with Gasteiger partial charge in [-0.25, -0.2) is 0 Å².